The molecule has 0 atom stereocenters. The average molecular weight is 492 g/mol. The van der Waals surface area contributed by atoms with E-state index in [0.29, 0.717) is 4.90 Å². The summed E-state index contributed by atoms with van der Waals surface area (Å²) in [5.41, 5.74) is -6.17. The highest BCUT2D eigenvalue weighted by Crippen LogP contribution is 2.41. The van der Waals surface area contributed by atoms with Gasteiger partial charge in [0.25, 0.3) is 5.91 Å². The molecule has 0 aliphatic rings. The first-order valence-corrected chi connectivity index (χ1v) is 9.29. The first kappa shape index (κ1) is 25.1. The summed E-state index contributed by atoms with van der Waals surface area (Å²) >= 11 is 0. The molecule has 34 heavy (non-hydrogen) atoms. The molecule has 1 amide bonds. The molecule has 0 saturated carbocycles. The zero-order valence-electron chi connectivity index (χ0n) is 17.0. The van der Waals surface area contributed by atoms with Gasteiger partial charge in [0.2, 0.25) is 0 Å². The lowest BCUT2D eigenvalue weighted by atomic mass is 9.98. The Bertz CT molecular complexity index is 1180. The van der Waals surface area contributed by atoms with E-state index in [4.69, 9.17) is 0 Å². The van der Waals surface area contributed by atoms with Crippen LogP contribution in [0.1, 0.15) is 27.0 Å². The minimum atomic E-state index is -5.18. The van der Waals surface area contributed by atoms with Gasteiger partial charge in [-0.1, -0.05) is 18.2 Å². The van der Waals surface area contributed by atoms with Crippen molar-refractivity contribution in [2.45, 2.75) is 18.5 Å². The molecule has 3 aromatic rings. The number of alkyl halides is 9. The Morgan fingerprint density at radius 2 is 1.32 bits per heavy atom. The van der Waals surface area contributed by atoms with Crippen molar-refractivity contribution in [3.8, 4) is 11.1 Å². The van der Waals surface area contributed by atoms with Crippen molar-refractivity contribution in [1.82, 2.24) is 4.98 Å². The summed E-state index contributed by atoms with van der Waals surface area (Å²) in [6, 6.07) is 5.86. The first-order chi connectivity index (χ1) is 15.6. The van der Waals surface area contributed by atoms with Crippen LogP contribution in [0.25, 0.3) is 11.1 Å². The average Bonchev–Trinajstić information content (AvgIpc) is 2.76. The van der Waals surface area contributed by atoms with Crippen LogP contribution in [-0.2, 0) is 18.5 Å². The van der Waals surface area contributed by atoms with Gasteiger partial charge in [-0.15, -0.1) is 0 Å². The minimum Gasteiger partial charge on any atom is -0.309 e. The molecule has 0 unspecified atom stereocenters. The minimum absolute atomic E-state index is 0.133. The molecule has 0 fully saturated rings. The van der Waals surface area contributed by atoms with E-state index in [2.05, 4.69) is 4.98 Å². The number of halogens is 9. The van der Waals surface area contributed by atoms with E-state index >= 15 is 0 Å². The predicted molar refractivity (Wildman–Crippen MR) is 104 cm³/mol. The number of aromatic nitrogens is 1. The van der Waals surface area contributed by atoms with Crippen molar-refractivity contribution in [1.29, 1.82) is 0 Å². The maximum Gasteiger partial charge on any atom is 0.417 e. The van der Waals surface area contributed by atoms with Gasteiger partial charge in [-0.2, -0.15) is 39.5 Å². The number of anilines is 1. The van der Waals surface area contributed by atoms with Gasteiger partial charge in [-0.05, 0) is 35.9 Å². The summed E-state index contributed by atoms with van der Waals surface area (Å²) < 4.78 is 119. The zero-order valence-corrected chi connectivity index (χ0v) is 17.0. The summed E-state index contributed by atoms with van der Waals surface area (Å²) in [5.74, 6) is -1.31. The smallest absolute Gasteiger partial charge is 0.309 e. The van der Waals surface area contributed by atoms with Crippen LogP contribution in [-0.4, -0.2) is 17.9 Å². The van der Waals surface area contributed by atoms with Gasteiger partial charge in [0.05, 0.1) is 28.6 Å². The van der Waals surface area contributed by atoms with Gasteiger partial charge in [-0.3, -0.25) is 9.78 Å². The fourth-order valence-corrected chi connectivity index (χ4v) is 3.23. The number of hydrogen-bond donors (Lipinski definition) is 0. The highest BCUT2D eigenvalue weighted by atomic mass is 19.4. The second-order valence-electron chi connectivity index (χ2n) is 7.09. The van der Waals surface area contributed by atoms with E-state index in [0.717, 1.165) is 43.7 Å². The zero-order chi connectivity index (χ0) is 25.5. The molecule has 1 aromatic heterocycles. The molecule has 3 nitrogen and oxygen atoms in total. The van der Waals surface area contributed by atoms with Crippen molar-refractivity contribution in [3.05, 3.63) is 83.2 Å². The van der Waals surface area contributed by atoms with Crippen molar-refractivity contribution >= 4 is 11.6 Å². The Hall–Kier alpha value is -3.57. The molecule has 0 saturated heterocycles. The van der Waals surface area contributed by atoms with E-state index < -0.39 is 46.7 Å². The number of pyridine rings is 1. The predicted octanol–water partition coefficient (Wildman–Crippen LogP) is 7.08. The highest BCUT2D eigenvalue weighted by molar-refractivity contribution is 6.08. The van der Waals surface area contributed by atoms with Crippen LogP contribution in [0.4, 0.5) is 45.2 Å². The molecule has 3 rings (SSSR count). The first-order valence-electron chi connectivity index (χ1n) is 9.29. The molecule has 2 aromatic carbocycles. The summed E-state index contributed by atoms with van der Waals surface area (Å²) in [4.78, 5) is 17.3. The lowest BCUT2D eigenvalue weighted by Gasteiger charge is -2.23. The van der Waals surface area contributed by atoms with Crippen LogP contribution in [0.15, 0.2) is 60.9 Å². The van der Waals surface area contributed by atoms with Gasteiger partial charge in [0.1, 0.15) is 0 Å². The monoisotopic (exact) mass is 492 g/mol. The second kappa shape index (κ2) is 8.65. The lowest BCUT2D eigenvalue weighted by Crippen LogP contribution is -2.28. The number of carbonyl (C=O) groups excluding carboxylic acids is 1. The highest BCUT2D eigenvalue weighted by Gasteiger charge is 2.38. The van der Waals surface area contributed by atoms with Gasteiger partial charge in [0.15, 0.2) is 0 Å². The Balaban J connectivity index is 2.14. The van der Waals surface area contributed by atoms with Crippen molar-refractivity contribution in [3.63, 3.8) is 0 Å². The quantitative estimate of drug-likeness (QED) is 0.366. The normalized spacial score (nSPS) is 12.5. The van der Waals surface area contributed by atoms with Gasteiger partial charge < -0.3 is 4.90 Å². The summed E-state index contributed by atoms with van der Waals surface area (Å²) in [5, 5.41) is 0. The van der Waals surface area contributed by atoms with E-state index in [9.17, 15) is 44.3 Å². The molecule has 0 aliphatic heterocycles. The molecule has 0 N–H and O–H groups in total. The number of rotatable bonds is 3. The third kappa shape index (κ3) is 5.15. The number of nitrogens with zero attached hydrogens (tertiary/aromatic N) is 2. The number of amides is 1. The molecular weight excluding hydrogens is 479 g/mol. The second-order valence-corrected chi connectivity index (χ2v) is 7.09. The van der Waals surface area contributed by atoms with Crippen molar-refractivity contribution in [2.24, 2.45) is 0 Å². The van der Waals surface area contributed by atoms with Crippen LogP contribution >= 0.6 is 0 Å². The van der Waals surface area contributed by atoms with Gasteiger partial charge in [-0.25, -0.2) is 0 Å². The Kier molecular flexibility index (Phi) is 6.38. The molecule has 0 radical (unpaired) electrons. The number of benzene rings is 2. The van der Waals surface area contributed by atoms with Crippen LogP contribution in [0.5, 0.6) is 0 Å². The third-order valence-electron chi connectivity index (χ3n) is 4.82. The van der Waals surface area contributed by atoms with E-state index in [1.807, 2.05) is 0 Å². The maximum absolute atomic E-state index is 13.5. The Labute approximate surface area is 186 Å². The lowest BCUT2D eigenvalue weighted by molar-refractivity contribution is -0.143. The molecule has 12 heteroatoms. The van der Waals surface area contributed by atoms with Crippen LogP contribution in [0.2, 0.25) is 0 Å². The summed E-state index contributed by atoms with van der Waals surface area (Å²) in [7, 11) is 1.01. The standard InChI is InChI=1S/C22H13F9N2O/c1-33(19(34)12-8-13(20(23,24)25)10-14(9-12)21(26,27)28)18-11-32-7-6-16(18)15-4-2-3-5-17(15)22(29,30)31/h2-11H,1H3. The third-order valence-corrected chi connectivity index (χ3v) is 4.82. The van der Waals surface area contributed by atoms with Gasteiger partial charge >= 0.3 is 18.5 Å². The fourth-order valence-electron chi connectivity index (χ4n) is 3.23. The maximum atomic E-state index is 13.5. The SMILES string of the molecule is CN(C(=O)c1cc(C(F)(F)F)cc(C(F)(F)F)c1)c1cnccc1-c1ccccc1C(F)(F)F. The molecule has 0 aliphatic carbocycles. The number of carbonyl (C=O) groups is 1. The van der Waals surface area contributed by atoms with Gasteiger partial charge in [0, 0.05) is 24.4 Å². The number of hydrogen-bond acceptors (Lipinski definition) is 2. The fraction of sp³-hybridized carbons (Fsp3) is 0.182. The van der Waals surface area contributed by atoms with Crippen molar-refractivity contribution in [2.75, 3.05) is 11.9 Å². The Morgan fingerprint density at radius 3 is 1.85 bits per heavy atom. The van der Waals surface area contributed by atoms with E-state index in [1.54, 1.807) is 0 Å². The van der Waals surface area contributed by atoms with Crippen LogP contribution in [0.3, 0.4) is 0 Å². The topological polar surface area (TPSA) is 33.2 Å². The Morgan fingerprint density at radius 1 is 0.765 bits per heavy atom. The van der Waals surface area contributed by atoms with Crippen molar-refractivity contribution < 1.29 is 44.3 Å². The molecular formula is C22H13F9N2O. The van der Waals surface area contributed by atoms with Crippen LogP contribution in [0, 0.1) is 0 Å². The largest absolute Gasteiger partial charge is 0.417 e. The van der Waals surface area contributed by atoms with Crippen LogP contribution < -0.4 is 4.90 Å². The van der Waals surface area contributed by atoms with E-state index in [-0.39, 0.29) is 35.0 Å². The molecule has 0 bridgehead atoms. The summed E-state index contributed by atoms with van der Waals surface area (Å²) in [6.45, 7) is 0. The molecule has 0 spiro atoms. The molecule has 180 valence electrons. The van der Waals surface area contributed by atoms with E-state index in [1.165, 1.54) is 6.07 Å². The molecule has 1 heterocycles. The summed E-state index contributed by atoms with van der Waals surface area (Å²) in [6.07, 6.45) is -13.0.